The van der Waals surface area contributed by atoms with Crippen molar-refractivity contribution in [3.05, 3.63) is 90.9 Å². The summed E-state index contributed by atoms with van der Waals surface area (Å²) in [4.78, 5) is 26.0. The second-order valence-electron chi connectivity index (χ2n) is 8.92. The maximum absolute atomic E-state index is 13.5. The maximum Gasteiger partial charge on any atom is 0.271 e. The third-order valence-corrected chi connectivity index (χ3v) is 6.52. The van der Waals surface area contributed by atoms with E-state index < -0.39 is 10.8 Å². The average Bonchev–Trinajstić information content (AvgIpc) is 2.72. The average molecular weight is 483 g/mol. The zero-order valence-electron chi connectivity index (χ0n) is 17.9. The summed E-state index contributed by atoms with van der Waals surface area (Å²) in [5, 5.41) is 22.2. The number of benzene rings is 2. The number of allylic oxidation sites excluding steroid dienone is 3. The summed E-state index contributed by atoms with van der Waals surface area (Å²) < 4.78 is 0. The van der Waals surface area contributed by atoms with Gasteiger partial charge in [0.2, 0.25) is 0 Å². The Labute approximate surface area is 200 Å². The highest BCUT2D eigenvalue weighted by Crippen LogP contribution is 2.51. The summed E-state index contributed by atoms with van der Waals surface area (Å²) in [6.45, 7) is 3.95. The molecule has 1 atom stereocenters. The Morgan fingerprint density at radius 2 is 1.94 bits per heavy atom. The second kappa shape index (κ2) is 8.22. The predicted octanol–water partition coefficient (Wildman–Crippen LogP) is 5.84. The number of carbonyl (C=O) groups excluding carboxylic acids is 1. The highest BCUT2D eigenvalue weighted by molar-refractivity contribution is 6.35. The van der Waals surface area contributed by atoms with Crippen LogP contribution in [0.1, 0.15) is 38.2 Å². The zero-order chi connectivity index (χ0) is 24.1. The number of nitro groups is 1. The van der Waals surface area contributed by atoms with Crippen LogP contribution in [-0.2, 0) is 4.79 Å². The van der Waals surface area contributed by atoms with Crippen molar-refractivity contribution in [1.29, 1.82) is 5.26 Å². The molecule has 2 aromatic carbocycles. The molecule has 0 spiro atoms. The van der Waals surface area contributed by atoms with Crippen LogP contribution in [0.5, 0.6) is 0 Å². The van der Waals surface area contributed by atoms with E-state index in [1.807, 2.05) is 13.8 Å². The molecule has 0 radical (unpaired) electrons. The van der Waals surface area contributed by atoms with E-state index in [1.165, 1.54) is 12.1 Å². The van der Waals surface area contributed by atoms with Gasteiger partial charge in [0, 0.05) is 39.9 Å². The molecule has 0 saturated carbocycles. The molecule has 4 rings (SSSR count). The van der Waals surface area contributed by atoms with Crippen molar-refractivity contribution < 1.29 is 9.72 Å². The summed E-state index contributed by atoms with van der Waals surface area (Å²) in [5.41, 5.74) is 8.21. The SMILES string of the molecule is CC1(C)CC(=O)C2=C(C1)N(c1cccc([N+](=O)[O-])c1)C(N)=C(C#N)[C@H]2c1ccc(Cl)cc1Cl. The molecular formula is C24H20Cl2N4O3. The molecule has 0 saturated heterocycles. The number of Topliss-reactive ketones (excluding diaryl/α,β-unsaturated/α-hetero) is 1. The van der Waals surface area contributed by atoms with Crippen LogP contribution in [0.4, 0.5) is 11.4 Å². The number of nitrogens with zero attached hydrogens (tertiary/aromatic N) is 3. The molecule has 168 valence electrons. The number of carbonyl (C=O) groups is 1. The first-order chi connectivity index (χ1) is 15.5. The summed E-state index contributed by atoms with van der Waals surface area (Å²) in [5.74, 6) is -0.764. The normalized spacial score (nSPS) is 19.9. The summed E-state index contributed by atoms with van der Waals surface area (Å²) in [6.07, 6.45) is 0.771. The molecule has 1 heterocycles. The smallest absolute Gasteiger partial charge is 0.271 e. The number of nitro benzene ring substituents is 1. The van der Waals surface area contributed by atoms with Gasteiger partial charge in [-0.15, -0.1) is 0 Å². The van der Waals surface area contributed by atoms with E-state index >= 15 is 0 Å². The van der Waals surface area contributed by atoms with Crippen LogP contribution in [0.25, 0.3) is 0 Å². The van der Waals surface area contributed by atoms with Gasteiger partial charge < -0.3 is 5.73 Å². The Balaban J connectivity index is 2.02. The molecule has 1 aliphatic heterocycles. The highest BCUT2D eigenvalue weighted by Gasteiger charge is 2.45. The molecule has 7 nitrogen and oxygen atoms in total. The first-order valence-electron chi connectivity index (χ1n) is 10.2. The van der Waals surface area contributed by atoms with Crippen molar-refractivity contribution in [3.8, 4) is 6.07 Å². The number of rotatable bonds is 3. The quantitative estimate of drug-likeness (QED) is 0.433. The molecule has 0 fully saturated rings. The number of hydrogen-bond acceptors (Lipinski definition) is 6. The van der Waals surface area contributed by atoms with Crippen LogP contribution in [0.2, 0.25) is 10.0 Å². The molecule has 2 aliphatic rings. The van der Waals surface area contributed by atoms with Crippen molar-refractivity contribution in [2.45, 2.75) is 32.6 Å². The van der Waals surface area contributed by atoms with E-state index in [9.17, 15) is 20.2 Å². The Hall–Kier alpha value is -3.34. The van der Waals surface area contributed by atoms with Gasteiger partial charge in [-0.05, 0) is 35.6 Å². The molecule has 0 aromatic heterocycles. The van der Waals surface area contributed by atoms with Gasteiger partial charge in [0.15, 0.2) is 5.78 Å². The van der Waals surface area contributed by atoms with E-state index in [0.29, 0.717) is 39.0 Å². The fraction of sp³-hybridized carbons (Fsp3) is 0.250. The van der Waals surface area contributed by atoms with E-state index in [1.54, 1.807) is 35.2 Å². The minimum atomic E-state index is -0.756. The summed E-state index contributed by atoms with van der Waals surface area (Å²) >= 11 is 12.6. The summed E-state index contributed by atoms with van der Waals surface area (Å²) in [6, 6.07) is 13.0. The lowest BCUT2D eigenvalue weighted by Gasteiger charge is -2.43. The standard InChI is InChI=1S/C24H20Cl2N4O3/c1-24(2)10-19-22(20(31)11-24)21(16-7-6-13(25)8-18(16)26)17(12-27)23(28)29(19)14-4-3-5-15(9-14)30(32)33/h3-9,21H,10-11,28H2,1-2H3/t21-/m1/s1. The van der Waals surface area contributed by atoms with Gasteiger partial charge in [-0.1, -0.05) is 49.2 Å². The van der Waals surface area contributed by atoms with Gasteiger partial charge >= 0.3 is 0 Å². The third kappa shape index (κ3) is 3.97. The van der Waals surface area contributed by atoms with Gasteiger partial charge in [0.25, 0.3) is 5.69 Å². The maximum atomic E-state index is 13.5. The van der Waals surface area contributed by atoms with Crippen molar-refractivity contribution in [3.63, 3.8) is 0 Å². The van der Waals surface area contributed by atoms with Gasteiger partial charge in [-0.2, -0.15) is 5.26 Å². The summed E-state index contributed by atoms with van der Waals surface area (Å²) in [7, 11) is 0. The molecule has 33 heavy (non-hydrogen) atoms. The number of nitriles is 1. The van der Waals surface area contributed by atoms with E-state index in [0.717, 1.165) is 0 Å². The minimum absolute atomic E-state index is 0.110. The number of nitrogens with two attached hydrogens (primary N) is 1. The van der Waals surface area contributed by atoms with Crippen LogP contribution in [0.15, 0.2) is 65.1 Å². The monoisotopic (exact) mass is 482 g/mol. The number of anilines is 1. The molecule has 2 N–H and O–H groups in total. The molecule has 0 unspecified atom stereocenters. The largest absolute Gasteiger partial charge is 0.384 e. The van der Waals surface area contributed by atoms with E-state index in [2.05, 4.69) is 6.07 Å². The van der Waals surface area contributed by atoms with Crippen LogP contribution in [0.3, 0.4) is 0 Å². The molecule has 0 amide bonds. The third-order valence-electron chi connectivity index (χ3n) is 5.95. The van der Waals surface area contributed by atoms with Crippen LogP contribution in [0, 0.1) is 26.9 Å². The number of non-ortho nitro benzene ring substituents is 1. The van der Waals surface area contributed by atoms with Gasteiger partial charge in [0.05, 0.1) is 28.2 Å². The second-order valence-corrected chi connectivity index (χ2v) is 9.77. The van der Waals surface area contributed by atoms with Crippen LogP contribution < -0.4 is 10.6 Å². The van der Waals surface area contributed by atoms with Gasteiger partial charge in [-0.25, -0.2) is 0 Å². The topological polar surface area (TPSA) is 113 Å². The molecule has 2 aromatic rings. The molecule has 0 bridgehead atoms. The fourth-order valence-corrected chi connectivity index (χ4v) is 5.11. The molecular weight excluding hydrogens is 463 g/mol. The van der Waals surface area contributed by atoms with E-state index in [-0.39, 0.29) is 34.7 Å². The lowest BCUT2D eigenvalue weighted by molar-refractivity contribution is -0.384. The Kier molecular flexibility index (Phi) is 5.69. The first kappa shape index (κ1) is 22.8. The van der Waals surface area contributed by atoms with Crippen molar-refractivity contribution in [2.75, 3.05) is 4.90 Å². The minimum Gasteiger partial charge on any atom is -0.384 e. The highest BCUT2D eigenvalue weighted by atomic mass is 35.5. The Morgan fingerprint density at radius 1 is 1.21 bits per heavy atom. The van der Waals surface area contributed by atoms with Gasteiger partial charge in [0.1, 0.15) is 5.82 Å². The zero-order valence-corrected chi connectivity index (χ0v) is 19.4. The van der Waals surface area contributed by atoms with E-state index in [4.69, 9.17) is 28.9 Å². The lowest BCUT2D eigenvalue weighted by Crippen LogP contribution is -2.42. The van der Waals surface area contributed by atoms with Crippen molar-refractivity contribution in [2.24, 2.45) is 11.1 Å². The number of halogens is 2. The first-order valence-corrected chi connectivity index (χ1v) is 10.9. The number of ketones is 1. The Morgan fingerprint density at radius 3 is 2.58 bits per heavy atom. The Bertz CT molecular complexity index is 1310. The van der Waals surface area contributed by atoms with Crippen LogP contribution >= 0.6 is 23.2 Å². The fourth-order valence-electron chi connectivity index (χ4n) is 4.60. The molecule has 9 heteroatoms. The number of hydrogen-bond donors (Lipinski definition) is 1. The van der Waals surface area contributed by atoms with Crippen molar-refractivity contribution >= 4 is 40.4 Å². The lowest BCUT2D eigenvalue weighted by atomic mass is 9.68. The van der Waals surface area contributed by atoms with Crippen molar-refractivity contribution in [1.82, 2.24) is 0 Å². The molecule has 1 aliphatic carbocycles. The van der Waals surface area contributed by atoms with Gasteiger partial charge in [-0.3, -0.25) is 19.8 Å². The predicted molar refractivity (Wildman–Crippen MR) is 127 cm³/mol. The van der Waals surface area contributed by atoms with Crippen LogP contribution in [-0.4, -0.2) is 10.7 Å².